The van der Waals surface area contributed by atoms with Gasteiger partial charge >= 0.3 is 0 Å². The fourth-order valence-corrected chi connectivity index (χ4v) is 1.93. The lowest BCUT2D eigenvalue weighted by molar-refractivity contribution is 0.389. The number of nitrogens with zero attached hydrogens (tertiary/aromatic N) is 3. The lowest BCUT2D eigenvalue weighted by atomic mass is 10.2. The number of hydrogen-bond acceptors (Lipinski definition) is 7. The van der Waals surface area contributed by atoms with Crippen LogP contribution < -0.4 is 21.5 Å². The van der Waals surface area contributed by atoms with E-state index in [-0.39, 0.29) is 11.4 Å². The third kappa shape index (κ3) is 4.11. The Morgan fingerprint density at radius 3 is 2.83 bits per heavy atom. The molecular weight excluding hydrogens is 306 g/mol. The topological polar surface area (TPSA) is 99.0 Å². The van der Waals surface area contributed by atoms with Crippen LogP contribution in [0.2, 0.25) is 0 Å². The molecule has 0 bridgehead atoms. The van der Waals surface area contributed by atoms with E-state index in [1.165, 1.54) is 12.1 Å². The second-order valence-electron chi connectivity index (χ2n) is 4.76. The minimum Gasteiger partial charge on any atom is -0.291 e. The van der Waals surface area contributed by atoms with E-state index in [0.717, 1.165) is 16.1 Å². The van der Waals surface area contributed by atoms with Gasteiger partial charge in [-0.1, -0.05) is 18.7 Å². The van der Waals surface area contributed by atoms with Crippen molar-refractivity contribution in [1.29, 1.82) is 0 Å². The molecule has 0 aliphatic heterocycles. The van der Waals surface area contributed by atoms with Gasteiger partial charge in [-0.3, -0.25) is 21.1 Å². The van der Waals surface area contributed by atoms with Gasteiger partial charge in [0.05, 0.1) is 22.9 Å². The zero-order chi connectivity index (χ0) is 17.4. The van der Waals surface area contributed by atoms with Crippen molar-refractivity contribution in [3.8, 4) is 0 Å². The molecule has 122 valence electrons. The van der Waals surface area contributed by atoms with Gasteiger partial charge in [-0.25, -0.2) is 0 Å². The van der Waals surface area contributed by atoms with Crippen molar-refractivity contribution in [2.75, 3.05) is 10.9 Å². The van der Waals surface area contributed by atoms with E-state index in [4.69, 9.17) is 5.21 Å². The largest absolute Gasteiger partial charge is 0.291 e. The minimum atomic E-state index is 0.194. The molecule has 0 amide bonds. The van der Waals surface area contributed by atoms with Crippen LogP contribution in [0.3, 0.4) is 0 Å². The number of rotatable bonds is 6. The number of aromatic nitrogens is 1. The van der Waals surface area contributed by atoms with E-state index < -0.39 is 0 Å². The highest BCUT2D eigenvalue weighted by atomic mass is 16.5. The van der Waals surface area contributed by atoms with Crippen LogP contribution in [-0.4, -0.2) is 16.4 Å². The summed E-state index contributed by atoms with van der Waals surface area (Å²) in [6.45, 7) is 5.93. The molecule has 1 heterocycles. The maximum Gasteiger partial charge on any atom is 0.110 e. The summed E-state index contributed by atoms with van der Waals surface area (Å²) in [5.74, 6) is 0. The number of hydrogen-bond donors (Lipinski definition) is 3. The molecule has 0 radical (unpaired) electrons. The van der Waals surface area contributed by atoms with Crippen molar-refractivity contribution < 1.29 is 5.21 Å². The molecule has 1 aromatic carbocycles. The molecule has 2 aromatic rings. The fraction of sp³-hybridized carbons (Fsp3) is 0.0588. The zero-order valence-electron chi connectivity index (χ0n) is 13.1. The molecule has 24 heavy (non-hydrogen) atoms. The van der Waals surface area contributed by atoms with Gasteiger partial charge in [0.2, 0.25) is 0 Å². The molecule has 0 fully saturated rings. The van der Waals surface area contributed by atoms with Crippen molar-refractivity contribution in [1.82, 2.24) is 4.98 Å². The summed E-state index contributed by atoms with van der Waals surface area (Å²) >= 11 is 0. The van der Waals surface area contributed by atoms with E-state index in [1.807, 2.05) is 30.6 Å². The number of nitrogens with one attached hydrogen (secondary N) is 2. The van der Waals surface area contributed by atoms with Gasteiger partial charge in [0.15, 0.2) is 0 Å². The SMILES string of the molecule is C=c1c(/C=N/Nc2ccc(N=O)cc2NO)ccn/c1=C/C=C\C. The summed E-state index contributed by atoms with van der Waals surface area (Å²) in [5, 5.41) is 17.5. The number of nitroso groups, excluding NO2 is 1. The molecule has 1 aromatic heterocycles. The van der Waals surface area contributed by atoms with E-state index >= 15 is 0 Å². The molecule has 7 heteroatoms. The summed E-state index contributed by atoms with van der Waals surface area (Å²) in [5.41, 5.74) is 6.55. The minimum absolute atomic E-state index is 0.194. The summed E-state index contributed by atoms with van der Waals surface area (Å²) in [4.78, 5) is 14.8. The predicted octanol–water partition coefficient (Wildman–Crippen LogP) is 2.49. The quantitative estimate of drug-likeness (QED) is 0.431. The number of benzene rings is 1. The van der Waals surface area contributed by atoms with Gasteiger partial charge in [-0.15, -0.1) is 4.91 Å². The highest BCUT2D eigenvalue weighted by molar-refractivity contribution is 5.81. The summed E-state index contributed by atoms with van der Waals surface area (Å²) in [6.07, 6.45) is 8.94. The molecule has 0 unspecified atom stereocenters. The summed E-state index contributed by atoms with van der Waals surface area (Å²) < 4.78 is 0. The third-order valence-corrected chi connectivity index (χ3v) is 3.19. The van der Waals surface area contributed by atoms with Crippen molar-refractivity contribution in [2.45, 2.75) is 6.92 Å². The number of allylic oxidation sites excluding steroid dienone is 2. The van der Waals surface area contributed by atoms with Gasteiger partial charge in [0.1, 0.15) is 5.69 Å². The summed E-state index contributed by atoms with van der Waals surface area (Å²) in [6, 6.07) is 6.28. The van der Waals surface area contributed by atoms with Crippen molar-refractivity contribution in [3.63, 3.8) is 0 Å². The van der Waals surface area contributed by atoms with Crippen molar-refractivity contribution in [3.05, 3.63) is 63.7 Å². The van der Waals surface area contributed by atoms with Crippen LogP contribution in [-0.2, 0) is 0 Å². The first-order valence-corrected chi connectivity index (χ1v) is 7.13. The molecule has 0 aliphatic rings. The van der Waals surface area contributed by atoms with Crippen LogP contribution in [0.25, 0.3) is 12.7 Å². The second-order valence-corrected chi connectivity index (χ2v) is 4.76. The smallest absolute Gasteiger partial charge is 0.110 e. The number of anilines is 2. The van der Waals surface area contributed by atoms with Crippen molar-refractivity contribution >= 4 is 35.9 Å². The van der Waals surface area contributed by atoms with Crippen LogP contribution in [0.1, 0.15) is 12.5 Å². The Kier molecular flexibility index (Phi) is 5.93. The Balaban J connectivity index is 2.24. The molecule has 2 rings (SSSR count). The Morgan fingerprint density at radius 1 is 1.29 bits per heavy atom. The van der Waals surface area contributed by atoms with Gasteiger partial charge < -0.3 is 0 Å². The average molecular weight is 323 g/mol. The fourth-order valence-electron chi connectivity index (χ4n) is 1.93. The highest BCUT2D eigenvalue weighted by Gasteiger charge is 2.02. The van der Waals surface area contributed by atoms with Gasteiger partial charge in [0.25, 0.3) is 0 Å². The molecular formula is C17H17N5O2. The Morgan fingerprint density at radius 2 is 2.12 bits per heavy atom. The third-order valence-electron chi connectivity index (χ3n) is 3.19. The number of hydrazone groups is 1. The van der Waals surface area contributed by atoms with Crippen LogP contribution in [0.5, 0.6) is 0 Å². The maximum atomic E-state index is 10.5. The molecule has 0 spiro atoms. The lowest BCUT2D eigenvalue weighted by Gasteiger charge is -2.07. The standard InChI is InChI=1S/C17H17N5O2/c1-3-4-5-15-12(2)13(8-9-18-15)11-19-20-16-7-6-14(21-23)10-17(16)22-24/h3-11,20,22,24H,2H2,1H3/b4-3-,15-5+,19-11+. The first kappa shape index (κ1) is 17.0. The van der Waals surface area contributed by atoms with Gasteiger partial charge in [0, 0.05) is 17.0 Å². The normalized spacial score (nSPS) is 12.0. The highest BCUT2D eigenvalue weighted by Crippen LogP contribution is 2.26. The second kappa shape index (κ2) is 8.35. The molecule has 7 nitrogen and oxygen atoms in total. The van der Waals surface area contributed by atoms with E-state index in [0.29, 0.717) is 5.69 Å². The van der Waals surface area contributed by atoms with Crippen LogP contribution in [0, 0.1) is 4.91 Å². The van der Waals surface area contributed by atoms with Crippen molar-refractivity contribution in [2.24, 2.45) is 10.3 Å². The van der Waals surface area contributed by atoms with Crippen LogP contribution in [0.15, 0.2) is 52.9 Å². The Bertz CT molecular complexity index is 890. The van der Waals surface area contributed by atoms with Gasteiger partial charge in [-0.05, 0) is 42.4 Å². The Hall–Kier alpha value is -3.32. The molecule has 0 saturated heterocycles. The number of pyridine rings is 1. The molecule has 0 aliphatic carbocycles. The summed E-state index contributed by atoms with van der Waals surface area (Å²) in [7, 11) is 0. The first-order chi connectivity index (χ1) is 11.7. The molecule has 0 atom stereocenters. The van der Waals surface area contributed by atoms with E-state index in [1.54, 1.807) is 24.5 Å². The lowest BCUT2D eigenvalue weighted by Crippen LogP contribution is -2.29. The maximum absolute atomic E-state index is 10.5. The van der Waals surface area contributed by atoms with E-state index in [9.17, 15) is 4.91 Å². The van der Waals surface area contributed by atoms with E-state index in [2.05, 4.69) is 27.3 Å². The Labute approximate surface area is 138 Å². The predicted molar refractivity (Wildman–Crippen MR) is 96.8 cm³/mol. The zero-order valence-corrected chi connectivity index (χ0v) is 13.1. The first-order valence-electron chi connectivity index (χ1n) is 7.13. The molecule has 3 N–H and O–H groups in total. The van der Waals surface area contributed by atoms with Crippen LogP contribution >= 0.6 is 0 Å². The monoisotopic (exact) mass is 323 g/mol. The molecule has 0 saturated carbocycles. The van der Waals surface area contributed by atoms with Gasteiger partial charge in [-0.2, -0.15) is 5.10 Å². The van der Waals surface area contributed by atoms with Crippen LogP contribution in [0.4, 0.5) is 17.1 Å². The average Bonchev–Trinajstić information content (AvgIpc) is 2.62.